The van der Waals surface area contributed by atoms with Crippen LogP contribution in [0.3, 0.4) is 0 Å². The number of halogens is 2. The zero-order valence-electron chi connectivity index (χ0n) is 7.09. The van der Waals surface area contributed by atoms with Gasteiger partial charge in [0, 0.05) is 4.90 Å². The van der Waals surface area contributed by atoms with E-state index in [2.05, 4.69) is 0 Å². The second-order valence-corrected chi connectivity index (χ2v) is 5.70. The van der Waals surface area contributed by atoms with Gasteiger partial charge in [0.25, 0.3) is 0 Å². The van der Waals surface area contributed by atoms with Gasteiger partial charge < -0.3 is 4.55 Å². The summed E-state index contributed by atoms with van der Waals surface area (Å²) in [5.41, 5.74) is 0. The molecule has 0 N–H and O–H groups in total. The van der Waals surface area contributed by atoms with Crippen molar-refractivity contribution < 1.29 is 26.0 Å². The lowest BCUT2D eigenvalue weighted by atomic mass is 10.4. The van der Waals surface area contributed by atoms with Crippen molar-refractivity contribution in [2.75, 3.05) is 0 Å². The molecule has 0 radical (unpaired) electrons. The van der Waals surface area contributed by atoms with Crippen molar-refractivity contribution in [3.8, 4) is 0 Å². The van der Waals surface area contributed by atoms with Crippen molar-refractivity contribution in [2.24, 2.45) is 0 Å². The Bertz CT molecular complexity index is 469. The first kappa shape index (κ1) is 12.2. The van der Waals surface area contributed by atoms with Crippen molar-refractivity contribution in [3.05, 3.63) is 30.3 Å². The molecule has 1 atom stereocenters. The lowest BCUT2D eigenvalue weighted by Gasteiger charge is -2.18. The highest BCUT2D eigenvalue weighted by Gasteiger charge is 2.45. The quantitative estimate of drug-likeness (QED) is 0.752. The van der Waals surface area contributed by atoms with Crippen molar-refractivity contribution >= 4 is 20.9 Å². The minimum absolute atomic E-state index is 0.415. The maximum Gasteiger partial charge on any atom is 0.413 e. The maximum absolute atomic E-state index is 12.8. The summed E-state index contributed by atoms with van der Waals surface area (Å²) in [4.78, 5) is -0.415. The van der Waals surface area contributed by atoms with Crippen LogP contribution in [0.1, 0.15) is 0 Å². The minimum atomic E-state index is -5.93. The second kappa shape index (κ2) is 3.95. The highest BCUT2D eigenvalue weighted by molar-refractivity contribution is 8.04. The third-order valence-electron chi connectivity index (χ3n) is 1.46. The van der Waals surface area contributed by atoms with Gasteiger partial charge in [0.1, 0.15) is 10.8 Å². The van der Waals surface area contributed by atoms with Crippen LogP contribution >= 0.6 is 0 Å². The van der Waals surface area contributed by atoms with Crippen molar-refractivity contribution in [3.63, 3.8) is 0 Å². The first-order valence-electron chi connectivity index (χ1n) is 3.57. The fourth-order valence-electron chi connectivity index (χ4n) is 0.774. The lowest BCUT2D eigenvalue weighted by molar-refractivity contribution is 0.171. The Morgan fingerprint density at radius 3 is 2.07 bits per heavy atom. The van der Waals surface area contributed by atoms with E-state index >= 15 is 0 Å². The molecule has 0 aliphatic rings. The predicted octanol–water partition coefficient (Wildman–Crippen LogP) is 0.890. The topological polar surface area (TPSA) is 74.3 Å². The van der Waals surface area contributed by atoms with E-state index in [-0.39, 0.29) is 0 Å². The van der Waals surface area contributed by atoms with Gasteiger partial charge >= 0.3 is 4.59 Å². The summed E-state index contributed by atoms with van der Waals surface area (Å²) in [6.45, 7) is 0. The molecule has 0 aliphatic heterocycles. The number of rotatable bonds is 3. The Morgan fingerprint density at radius 2 is 1.67 bits per heavy atom. The molecule has 0 aromatic heterocycles. The molecule has 0 amide bonds. The van der Waals surface area contributed by atoms with Crippen LogP contribution in [0.5, 0.6) is 0 Å². The van der Waals surface area contributed by atoms with Gasteiger partial charge in [-0.3, -0.25) is 0 Å². The van der Waals surface area contributed by atoms with E-state index in [1.165, 1.54) is 18.2 Å². The molecule has 0 fully saturated rings. The smallest absolute Gasteiger partial charge is 0.413 e. The number of hydrogen-bond acceptors (Lipinski definition) is 4. The molecule has 84 valence electrons. The Labute approximate surface area is 87.1 Å². The molecule has 1 unspecified atom stereocenters. The van der Waals surface area contributed by atoms with Gasteiger partial charge in [0.2, 0.25) is 0 Å². The maximum atomic E-state index is 12.8. The first-order valence-corrected chi connectivity index (χ1v) is 6.13. The van der Waals surface area contributed by atoms with Crippen LogP contribution in [0.4, 0.5) is 8.78 Å². The van der Waals surface area contributed by atoms with E-state index in [4.69, 9.17) is 0 Å². The Hall–Kier alpha value is -0.860. The Kier molecular flexibility index (Phi) is 3.22. The molecule has 0 saturated carbocycles. The van der Waals surface area contributed by atoms with Crippen LogP contribution in [-0.4, -0.2) is 21.8 Å². The van der Waals surface area contributed by atoms with E-state index in [0.717, 1.165) is 12.1 Å². The van der Waals surface area contributed by atoms with Gasteiger partial charge in [-0.1, -0.05) is 18.2 Å². The molecule has 0 saturated heterocycles. The van der Waals surface area contributed by atoms with Gasteiger partial charge in [-0.05, 0) is 12.1 Å². The van der Waals surface area contributed by atoms with Crippen LogP contribution < -0.4 is 0 Å². The summed E-state index contributed by atoms with van der Waals surface area (Å²) < 4.78 is 62.4. The van der Waals surface area contributed by atoms with Crippen LogP contribution in [0.2, 0.25) is 0 Å². The molecule has 15 heavy (non-hydrogen) atoms. The zero-order chi connectivity index (χ0) is 11.7. The lowest BCUT2D eigenvalue weighted by Crippen LogP contribution is -2.33. The number of alkyl halides is 2. The molecular weight excluding hydrogens is 250 g/mol. The zero-order valence-corrected chi connectivity index (χ0v) is 8.73. The van der Waals surface area contributed by atoms with E-state index in [9.17, 15) is 26.0 Å². The first-order chi connectivity index (χ1) is 6.77. The number of benzene rings is 1. The summed E-state index contributed by atoms with van der Waals surface area (Å²) in [7, 11) is -9.13. The predicted molar refractivity (Wildman–Crippen MR) is 47.5 cm³/mol. The molecule has 1 aromatic carbocycles. The summed E-state index contributed by atoms with van der Waals surface area (Å²) in [5.74, 6) is 0. The molecule has 1 aromatic rings. The normalized spacial score (nSPS) is 14.9. The fourth-order valence-corrected chi connectivity index (χ4v) is 2.48. The standard InChI is InChI=1S/C7H6F2O4S2/c8-7(9,15(11,12)13)14(10)6-4-2-1-3-5-6/h1-5H,(H,11,12,13)/p-1. The molecule has 0 bridgehead atoms. The summed E-state index contributed by atoms with van der Waals surface area (Å²) in [6, 6.07) is 6.19. The van der Waals surface area contributed by atoms with Crippen molar-refractivity contribution in [1.82, 2.24) is 0 Å². The molecule has 0 aliphatic carbocycles. The molecular formula is C7H5F2O4S2-. The van der Waals surface area contributed by atoms with Crippen molar-refractivity contribution in [2.45, 2.75) is 9.48 Å². The van der Waals surface area contributed by atoms with Gasteiger partial charge in [-0.15, -0.1) is 0 Å². The molecule has 1 rings (SSSR count). The van der Waals surface area contributed by atoms with Gasteiger partial charge in [-0.2, -0.15) is 8.78 Å². The van der Waals surface area contributed by atoms with Gasteiger partial charge in [0.05, 0.1) is 0 Å². The molecule has 8 heteroatoms. The number of hydrogen-bond donors (Lipinski definition) is 0. The average Bonchev–Trinajstić information content (AvgIpc) is 2.16. The van der Waals surface area contributed by atoms with Crippen molar-refractivity contribution in [1.29, 1.82) is 0 Å². The molecule has 0 spiro atoms. The van der Waals surface area contributed by atoms with Gasteiger partial charge in [0.15, 0.2) is 10.1 Å². The average molecular weight is 255 g/mol. The van der Waals surface area contributed by atoms with E-state index in [0.29, 0.717) is 0 Å². The van der Waals surface area contributed by atoms with Gasteiger partial charge in [-0.25, -0.2) is 12.6 Å². The summed E-state index contributed by atoms with van der Waals surface area (Å²) in [6.07, 6.45) is 0. The third kappa shape index (κ3) is 2.39. The van der Waals surface area contributed by atoms with Crippen LogP contribution in [0.15, 0.2) is 35.2 Å². The molecule has 0 heterocycles. The van der Waals surface area contributed by atoms with E-state index in [1.807, 2.05) is 0 Å². The third-order valence-corrected chi connectivity index (χ3v) is 4.24. The van der Waals surface area contributed by atoms with E-state index in [1.54, 1.807) is 0 Å². The highest BCUT2D eigenvalue weighted by atomic mass is 32.3. The van der Waals surface area contributed by atoms with Crippen LogP contribution in [0, 0.1) is 0 Å². The molecule has 4 nitrogen and oxygen atoms in total. The Morgan fingerprint density at radius 1 is 1.20 bits per heavy atom. The summed E-state index contributed by atoms with van der Waals surface area (Å²) >= 11 is 0. The monoisotopic (exact) mass is 255 g/mol. The van der Waals surface area contributed by atoms with E-state index < -0.39 is 30.4 Å². The SMILES string of the molecule is O=S(c1ccccc1)C(F)(F)S(=O)(=O)[O-]. The Balaban J connectivity index is 3.17. The fraction of sp³-hybridized carbons (Fsp3) is 0.143. The minimum Gasteiger partial charge on any atom is -0.743 e. The van der Waals surface area contributed by atoms with Crippen LogP contribution in [0.25, 0.3) is 0 Å². The van der Waals surface area contributed by atoms with Crippen LogP contribution in [-0.2, 0) is 20.9 Å². The second-order valence-electron chi connectivity index (χ2n) is 2.50. The highest BCUT2D eigenvalue weighted by Crippen LogP contribution is 2.29. The summed E-state index contributed by atoms with van der Waals surface area (Å²) in [5, 5.41) is 0. The largest absolute Gasteiger partial charge is 0.743 e.